The van der Waals surface area contributed by atoms with Gasteiger partial charge in [0.1, 0.15) is 23.2 Å². The van der Waals surface area contributed by atoms with Crippen LogP contribution in [-0.2, 0) is 36.8 Å². The smallest absolute Gasteiger partial charge is 0.190 e. The Labute approximate surface area is 250 Å². The number of phenols is 1. The second-order valence-electron chi connectivity index (χ2n) is 13.7. The molecule has 2 aromatic rings. The molecule has 8 heteroatoms. The maximum Gasteiger partial charge on any atom is 0.190 e. The number of aryl methyl sites for hydroxylation is 1. The lowest BCUT2D eigenvalue weighted by molar-refractivity contribution is -0.205. The Bertz CT molecular complexity index is 1600. The van der Waals surface area contributed by atoms with Gasteiger partial charge in [0.15, 0.2) is 28.7 Å². The molecule has 3 aliphatic rings. The summed E-state index contributed by atoms with van der Waals surface area (Å²) in [5.74, 6) is -9.00. The molecular formula is C35H38O8. The Kier molecular flexibility index (Phi) is 7.24. The summed E-state index contributed by atoms with van der Waals surface area (Å²) < 4.78 is 0. The highest BCUT2D eigenvalue weighted by Crippen LogP contribution is 2.64. The van der Waals surface area contributed by atoms with Crippen molar-refractivity contribution in [3.8, 4) is 16.9 Å². The van der Waals surface area contributed by atoms with Crippen LogP contribution in [-0.4, -0.2) is 50.5 Å². The Hall–Kier alpha value is -3.78. The van der Waals surface area contributed by atoms with Crippen molar-refractivity contribution in [2.24, 2.45) is 34.5 Å². The number of hydrogen-bond acceptors (Lipinski definition) is 8. The second kappa shape index (κ2) is 10.2. The van der Waals surface area contributed by atoms with Crippen LogP contribution in [0.1, 0.15) is 75.9 Å². The van der Waals surface area contributed by atoms with Crippen LogP contribution in [0.25, 0.3) is 11.1 Å². The summed E-state index contributed by atoms with van der Waals surface area (Å²) in [6, 6.07) is 10.7. The van der Waals surface area contributed by atoms with Gasteiger partial charge in [0.2, 0.25) is 0 Å². The molecule has 3 aliphatic carbocycles. The fourth-order valence-corrected chi connectivity index (χ4v) is 8.58. The fraction of sp³-hybridized carbons (Fsp3) is 0.486. The predicted octanol–water partition coefficient (Wildman–Crippen LogP) is 4.28. The summed E-state index contributed by atoms with van der Waals surface area (Å²) in [5, 5.41) is 23.0. The van der Waals surface area contributed by atoms with Crippen LogP contribution in [0.5, 0.6) is 5.75 Å². The highest BCUT2D eigenvalue weighted by Gasteiger charge is 2.76. The average molecular weight is 587 g/mol. The van der Waals surface area contributed by atoms with E-state index in [2.05, 4.69) is 0 Å². The second-order valence-corrected chi connectivity index (χ2v) is 13.7. The lowest BCUT2D eigenvalue weighted by atomic mass is 9.40. The van der Waals surface area contributed by atoms with Gasteiger partial charge in [0, 0.05) is 17.8 Å². The Morgan fingerprint density at radius 3 is 2.14 bits per heavy atom. The molecule has 0 aliphatic heterocycles. The quantitative estimate of drug-likeness (QED) is 0.478. The van der Waals surface area contributed by atoms with Crippen molar-refractivity contribution in [2.75, 3.05) is 0 Å². The van der Waals surface area contributed by atoms with Gasteiger partial charge in [-0.2, -0.15) is 0 Å². The molecule has 2 aromatic carbocycles. The summed E-state index contributed by atoms with van der Waals surface area (Å²) >= 11 is 0. The zero-order valence-electron chi connectivity index (χ0n) is 25.4. The Balaban J connectivity index is 1.66. The van der Waals surface area contributed by atoms with Crippen LogP contribution in [0.3, 0.4) is 0 Å². The van der Waals surface area contributed by atoms with Crippen LogP contribution in [0.15, 0.2) is 36.4 Å². The first-order valence-electron chi connectivity index (χ1n) is 14.8. The van der Waals surface area contributed by atoms with Crippen molar-refractivity contribution >= 4 is 34.7 Å². The lowest BCUT2D eigenvalue weighted by Gasteiger charge is -2.61. The van der Waals surface area contributed by atoms with Crippen LogP contribution < -0.4 is 0 Å². The minimum absolute atomic E-state index is 0.00210. The Morgan fingerprint density at radius 2 is 1.58 bits per heavy atom. The lowest BCUT2D eigenvalue weighted by Crippen LogP contribution is -2.76. The summed E-state index contributed by atoms with van der Waals surface area (Å²) in [4.78, 5) is 80.0. The van der Waals surface area contributed by atoms with Crippen molar-refractivity contribution in [1.29, 1.82) is 0 Å². The van der Waals surface area contributed by atoms with Crippen LogP contribution >= 0.6 is 0 Å². The van der Waals surface area contributed by atoms with E-state index in [9.17, 15) is 39.0 Å². The SMILES string of the molecule is CC(=O)CCc1ccc(-c2ccc(O)c3c2C[C@]2(C)C[C@]4(C)C(C(C)C)C(=O)C(C(C)=O)C(=O)[C@]4(O)C(=O)C2C3=O)cc1. The molecule has 0 bridgehead atoms. The van der Waals surface area contributed by atoms with Gasteiger partial charge in [0.05, 0.1) is 11.5 Å². The summed E-state index contributed by atoms with van der Waals surface area (Å²) in [6.45, 7) is 9.49. The van der Waals surface area contributed by atoms with Crippen LogP contribution in [0, 0.1) is 34.5 Å². The van der Waals surface area contributed by atoms with Gasteiger partial charge in [0.25, 0.3) is 0 Å². The molecule has 6 atom stereocenters. The molecule has 0 heterocycles. The molecule has 43 heavy (non-hydrogen) atoms. The van der Waals surface area contributed by atoms with Crippen molar-refractivity contribution in [3.63, 3.8) is 0 Å². The van der Waals surface area contributed by atoms with Crippen LogP contribution in [0.4, 0.5) is 0 Å². The first-order chi connectivity index (χ1) is 20.0. The van der Waals surface area contributed by atoms with E-state index >= 15 is 0 Å². The highest BCUT2D eigenvalue weighted by molar-refractivity contribution is 6.32. The van der Waals surface area contributed by atoms with E-state index in [-0.39, 0.29) is 29.9 Å². The summed E-state index contributed by atoms with van der Waals surface area (Å²) in [7, 11) is 0. The van der Waals surface area contributed by atoms with Gasteiger partial charge in [-0.15, -0.1) is 0 Å². The number of fused-ring (bicyclic) bond motifs is 3. The number of aliphatic hydroxyl groups is 1. The molecular weight excluding hydrogens is 548 g/mol. The molecule has 226 valence electrons. The molecule has 2 fully saturated rings. The van der Waals surface area contributed by atoms with Crippen molar-refractivity contribution < 1.29 is 39.0 Å². The maximum atomic E-state index is 14.4. The van der Waals surface area contributed by atoms with Gasteiger partial charge >= 0.3 is 0 Å². The standard InChI is InChI=1S/C35H38O8/c1-17(2)27-29(39)25(19(4)37)31(41)35(43)32(42)28-30(40)26-23(15-33(28,5)16-34(27,35)6)22(13-14-24(26)38)21-11-9-20(10-12-21)8-7-18(3)36/h9-14,17,25,27-28,38,43H,7-8,15-16H2,1-6H3/t25?,27?,28?,33-,34-,35+/m1/s1. The van der Waals surface area contributed by atoms with E-state index in [0.717, 1.165) is 18.1 Å². The molecule has 0 spiro atoms. The topological polar surface area (TPSA) is 143 Å². The highest BCUT2D eigenvalue weighted by atomic mass is 16.3. The zero-order chi connectivity index (χ0) is 31.8. The number of carbonyl (C=O) groups excluding carboxylic acids is 6. The van der Waals surface area contributed by atoms with Crippen molar-refractivity contribution in [1.82, 2.24) is 0 Å². The number of Topliss-reactive ketones (excluding diaryl/α,β-unsaturated/α-hetero) is 6. The summed E-state index contributed by atoms with van der Waals surface area (Å²) in [6.07, 6.45) is 1.21. The van der Waals surface area contributed by atoms with E-state index in [4.69, 9.17) is 0 Å². The molecule has 8 nitrogen and oxygen atoms in total. The third-order valence-corrected chi connectivity index (χ3v) is 10.3. The number of rotatable bonds is 6. The van der Waals surface area contributed by atoms with E-state index in [1.54, 1.807) is 40.7 Å². The number of aromatic hydroxyl groups is 1. The predicted molar refractivity (Wildman–Crippen MR) is 157 cm³/mol. The monoisotopic (exact) mass is 586 g/mol. The molecule has 0 amide bonds. The minimum Gasteiger partial charge on any atom is -0.507 e. The van der Waals surface area contributed by atoms with Gasteiger partial charge < -0.3 is 15.0 Å². The molecule has 5 rings (SSSR count). The fourth-order valence-electron chi connectivity index (χ4n) is 8.58. The molecule has 0 aromatic heterocycles. The normalized spacial score (nSPS) is 31.9. The number of carbonyl (C=O) groups is 6. The number of hydrogen-bond donors (Lipinski definition) is 2. The van der Waals surface area contributed by atoms with E-state index < -0.39 is 69.0 Å². The third-order valence-electron chi connectivity index (χ3n) is 10.3. The van der Waals surface area contributed by atoms with E-state index in [1.165, 1.54) is 6.07 Å². The van der Waals surface area contributed by atoms with Gasteiger partial charge in [-0.1, -0.05) is 58.0 Å². The van der Waals surface area contributed by atoms with Crippen molar-refractivity contribution in [2.45, 2.75) is 72.8 Å². The maximum absolute atomic E-state index is 14.4. The van der Waals surface area contributed by atoms with Crippen LogP contribution in [0.2, 0.25) is 0 Å². The van der Waals surface area contributed by atoms with Gasteiger partial charge in [-0.25, -0.2) is 0 Å². The zero-order valence-corrected chi connectivity index (χ0v) is 25.4. The summed E-state index contributed by atoms with van der Waals surface area (Å²) in [5.41, 5.74) is -2.37. The number of ketones is 6. The molecule has 3 unspecified atom stereocenters. The minimum atomic E-state index is -2.72. The third kappa shape index (κ3) is 4.28. The average Bonchev–Trinajstić information content (AvgIpc) is 2.89. The number of phenolic OH excluding ortho intramolecular Hbond substituents is 1. The molecule has 2 N–H and O–H groups in total. The molecule has 2 saturated carbocycles. The number of benzene rings is 2. The van der Waals surface area contributed by atoms with E-state index in [1.807, 2.05) is 24.3 Å². The largest absolute Gasteiger partial charge is 0.507 e. The van der Waals surface area contributed by atoms with E-state index in [0.29, 0.717) is 24.0 Å². The van der Waals surface area contributed by atoms with Crippen molar-refractivity contribution in [3.05, 3.63) is 53.1 Å². The molecule has 0 saturated heterocycles. The first kappa shape index (κ1) is 30.7. The van der Waals surface area contributed by atoms with Gasteiger partial charge in [-0.3, -0.25) is 24.0 Å². The molecule has 0 radical (unpaired) electrons. The first-order valence-corrected chi connectivity index (χ1v) is 14.8. The Morgan fingerprint density at radius 1 is 0.953 bits per heavy atom. The van der Waals surface area contributed by atoms with Gasteiger partial charge in [-0.05, 0) is 72.8 Å².